The lowest BCUT2D eigenvalue weighted by molar-refractivity contribution is -0.132. The van der Waals surface area contributed by atoms with E-state index in [0.717, 1.165) is 4.91 Å². The Morgan fingerprint density at radius 2 is 1.57 bits per heavy atom. The fourth-order valence-corrected chi connectivity index (χ4v) is 3.37. The third-order valence-electron chi connectivity index (χ3n) is 2.46. The maximum Gasteiger partial charge on any atom is 0.230 e. The van der Waals surface area contributed by atoms with E-state index < -0.39 is 11.6 Å². The molecule has 106 valence electrons. The molecule has 1 aliphatic carbocycles. The van der Waals surface area contributed by atoms with Crippen LogP contribution in [0.25, 0.3) is 0 Å². The van der Waals surface area contributed by atoms with Crippen molar-refractivity contribution in [1.29, 1.82) is 0 Å². The van der Waals surface area contributed by atoms with Gasteiger partial charge in [0.1, 0.15) is 0 Å². The van der Waals surface area contributed by atoms with Crippen molar-refractivity contribution in [3.63, 3.8) is 0 Å². The normalized spacial score (nSPS) is 14.0. The van der Waals surface area contributed by atoms with Crippen LogP contribution >= 0.6 is 23.5 Å². The van der Waals surface area contributed by atoms with Crippen molar-refractivity contribution < 1.29 is 9.59 Å². The van der Waals surface area contributed by atoms with Crippen LogP contribution in [0.5, 0.6) is 0 Å². The van der Waals surface area contributed by atoms with E-state index in [-0.39, 0.29) is 0 Å². The molecule has 0 aromatic carbocycles. The van der Waals surface area contributed by atoms with E-state index in [2.05, 4.69) is 31.3 Å². The van der Waals surface area contributed by atoms with Crippen LogP contribution in [-0.2, 0) is 9.59 Å². The zero-order valence-electron chi connectivity index (χ0n) is 11.9. The summed E-state index contributed by atoms with van der Waals surface area (Å²) in [4.78, 5) is 25.6. The molecule has 0 aromatic heterocycles. The number of carbonyl (C=O) groups is 2. The van der Waals surface area contributed by atoms with Crippen LogP contribution < -0.4 is 0 Å². The van der Waals surface area contributed by atoms with E-state index in [1.807, 2.05) is 0 Å². The molecule has 21 heavy (non-hydrogen) atoms. The SMILES string of the molecule is C#C.C#CCSC1=C(C)C(=O)C(=O)C(C)=C1SC(=C)C#C. The molecule has 0 unspecified atom stereocenters. The maximum absolute atomic E-state index is 11.8. The molecule has 0 spiro atoms. The lowest BCUT2D eigenvalue weighted by atomic mass is 9.97. The number of allylic oxidation sites excluding steroid dienone is 3. The van der Waals surface area contributed by atoms with E-state index in [0.29, 0.717) is 26.7 Å². The van der Waals surface area contributed by atoms with E-state index >= 15 is 0 Å². The van der Waals surface area contributed by atoms with Crippen LogP contribution in [0.1, 0.15) is 13.8 Å². The molecule has 0 atom stereocenters. The lowest BCUT2D eigenvalue weighted by Gasteiger charge is -2.20. The van der Waals surface area contributed by atoms with Gasteiger partial charge in [-0.3, -0.25) is 9.59 Å². The van der Waals surface area contributed by atoms with Crippen LogP contribution in [-0.4, -0.2) is 17.3 Å². The van der Waals surface area contributed by atoms with Crippen molar-refractivity contribution >= 4 is 35.1 Å². The quantitative estimate of drug-likeness (QED) is 0.453. The van der Waals surface area contributed by atoms with Gasteiger partial charge in [0.2, 0.25) is 11.6 Å². The number of thioether (sulfide) groups is 2. The number of hydrogen-bond acceptors (Lipinski definition) is 4. The largest absolute Gasteiger partial charge is 0.285 e. The highest BCUT2D eigenvalue weighted by molar-refractivity contribution is 8.10. The fraction of sp³-hybridized carbons (Fsp3) is 0.176. The maximum atomic E-state index is 11.8. The molecule has 1 rings (SSSR count). The summed E-state index contributed by atoms with van der Waals surface area (Å²) < 4.78 is 0. The van der Waals surface area contributed by atoms with Gasteiger partial charge in [-0.2, -0.15) is 0 Å². The van der Waals surface area contributed by atoms with Crippen LogP contribution in [0, 0.1) is 37.5 Å². The van der Waals surface area contributed by atoms with Crippen LogP contribution in [0.2, 0.25) is 0 Å². The molecule has 0 aliphatic heterocycles. The van der Waals surface area contributed by atoms with Gasteiger partial charge in [0.25, 0.3) is 0 Å². The Morgan fingerprint density at radius 3 is 2.00 bits per heavy atom. The molecule has 4 heteroatoms. The van der Waals surface area contributed by atoms with Gasteiger partial charge in [-0.25, -0.2) is 0 Å². The topological polar surface area (TPSA) is 34.1 Å². The molecule has 0 bridgehead atoms. The average Bonchev–Trinajstić information content (AvgIpc) is 2.51. The second-order valence-electron chi connectivity index (χ2n) is 3.73. The minimum absolute atomic E-state index is 0.400. The molecular formula is C17H14O2S2. The molecule has 2 nitrogen and oxygen atoms in total. The molecule has 1 aliphatic rings. The Labute approximate surface area is 134 Å². The summed E-state index contributed by atoms with van der Waals surface area (Å²) in [6.07, 6.45) is 18.5. The van der Waals surface area contributed by atoms with Gasteiger partial charge in [0.15, 0.2) is 0 Å². The Hall–Kier alpha value is -2.06. The third kappa shape index (κ3) is 4.47. The van der Waals surface area contributed by atoms with Crippen LogP contribution in [0.15, 0.2) is 32.4 Å². The molecule has 0 radical (unpaired) electrons. The van der Waals surface area contributed by atoms with Crippen molar-refractivity contribution in [3.05, 3.63) is 32.4 Å². The monoisotopic (exact) mass is 314 g/mol. The Balaban J connectivity index is 0.00000191. The zero-order chi connectivity index (χ0) is 16.6. The molecule has 0 saturated carbocycles. The predicted molar refractivity (Wildman–Crippen MR) is 92.2 cm³/mol. The standard InChI is InChI=1S/C15H12O2S2.C2H2/c1-6-8-18-14-10(4)12(16)13(17)11(5)15(14)19-9(3)7-2;1-2/h1-2H,3,8H2,4-5H3;1-2H. The molecule has 0 N–H and O–H groups in total. The van der Waals surface area contributed by atoms with Crippen molar-refractivity contribution in [2.24, 2.45) is 0 Å². The first-order valence-corrected chi connectivity index (χ1v) is 7.48. The van der Waals surface area contributed by atoms with Gasteiger partial charge in [0.05, 0.1) is 10.7 Å². The summed E-state index contributed by atoms with van der Waals surface area (Å²) in [6.45, 7) is 6.96. The minimum atomic E-state index is -0.491. The number of Topliss-reactive ketones (excluding diaryl/α,β-unsaturated/α-hetero) is 2. The summed E-state index contributed by atoms with van der Waals surface area (Å²) in [7, 11) is 0. The smallest absolute Gasteiger partial charge is 0.230 e. The van der Waals surface area contributed by atoms with Gasteiger partial charge >= 0.3 is 0 Å². The minimum Gasteiger partial charge on any atom is -0.285 e. The van der Waals surface area contributed by atoms with Gasteiger partial charge < -0.3 is 0 Å². The van der Waals surface area contributed by atoms with Crippen molar-refractivity contribution in [2.45, 2.75) is 13.8 Å². The summed E-state index contributed by atoms with van der Waals surface area (Å²) in [6, 6.07) is 0. The van der Waals surface area contributed by atoms with Gasteiger partial charge in [-0.15, -0.1) is 37.5 Å². The highest BCUT2D eigenvalue weighted by Crippen LogP contribution is 2.42. The number of hydrogen-bond donors (Lipinski definition) is 0. The highest BCUT2D eigenvalue weighted by atomic mass is 32.2. The van der Waals surface area contributed by atoms with Gasteiger partial charge in [0, 0.05) is 21.0 Å². The van der Waals surface area contributed by atoms with E-state index in [9.17, 15) is 9.59 Å². The number of ketones is 2. The second-order valence-corrected chi connectivity index (χ2v) is 5.82. The van der Waals surface area contributed by atoms with Crippen molar-refractivity contribution in [2.75, 3.05) is 5.75 Å². The summed E-state index contributed by atoms with van der Waals surface area (Å²) in [5, 5.41) is 0. The lowest BCUT2D eigenvalue weighted by Crippen LogP contribution is -2.22. The van der Waals surface area contributed by atoms with Crippen LogP contribution in [0.4, 0.5) is 0 Å². The molecule has 0 aromatic rings. The molecule has 0 fully saturated rings. The van der Waals surface area contributed by atoms with Crippen LogP contribution in [0.3, 0.4) is 0 Å². The zero-order valence-corrected chi connectivity index (χ0v) is 13.5. The Kier molecular flexibility index (Phi) is 8.10. The second kappa shape index (κ2) is 8.98. The Morgan fingerprint density at radius 1 is 1.10 bits per heavy atom. The number of rotatable bonds is 4. The summed E-state index contributed by atoms with van der Waals surface area (Å²) in [5.41, 5.74) is 0.819. The van der Waals surface area contributed by atoms with Crippen molar-refractivity contribution in [3.8, 4) is 37.5 Å². The average molecular weight is 314 g/mol. The molecule has 0 saturated heterocycles. The first-order chi connectivity index (χ1) is 9.93. The Bertz CT molecular complexity index is 647. The predicted octanol–water partition coefficient (Wildman–Crippen LogP) is 3.18. The third-order valence-corrected chi connectivity index (χ3v) is 4.78. The summed E-state index contributed by atoms with van der Waals surface area (Å²) >= 11 is 2.58. The fourth-order valence-electron chi connectivity index (χ4n) is 1.45. The number of terminal acetylenes is 3. The van der Waals surface area contributed by atoms with Gasteiger partial charge in [-0.05, 0) is 13.8 Å². The van der Waals surface area contributed by atoms with E-state index in [1.54, 1.807) is 13.8 Å². The first kappa shape index (κ1) is 18.9. The molecule has 0 heterocycles. The highest BCUT2D eigenvalue weighted by Gasteiger charge is 2.31. The number of carbonyl (C=O) groups excluding carboxylic acids is 2. The van der Waals surface area contributed by atoms with Gasteiger partial charge in [-0.1, -0.05) is 30.2 Å². The molecular weight excluding hydrogens is 300 g/mol. The van der Waals surface area contributed by atoms with E-state index in [4.69, 9.17) is 12.8 Å². The molecule has 0 amide bonds. The van der Waals surface area contributed by atoms with E-state index in [1.165, 1.54) is 23.5 Å². The van der Waals surface area contributed by atoms with Crippen molar-refractivity contribution in [1.82, 2.24) is 0 Å². The summed E-state index contributed by atoms with van der Waals surface area (Å²) in [5.74, 6) is 4.37. The first-order valence-electron chi connectivity index (χ1n) is 5.68.